The number of rotatable bonds is 10. The van der Waals surface area contributed by atoms with Crippen LogP contribution >= 0.6 is 6.83 Å². The molecule has 0 aliphatic heterocycles. The molecule has 0 saturated carbocycles. The number of phenols is 2. The SMILES string of the molecule is Cc1ccc(P(Oc2c(Cc3cc(C)c(O)c(C)c3)cc(C)cc2Cc2cc(C)c(O)c(C)c2)(c2ccccc2)(c2ccccc2)c2ccccc2)cc1. The fourth-order valence-corrected chi connectivity index (χ4v) is 14.0. The van der Waals surface area contributed by atoms with Crippen LogP contribution in [0.25, 0.3) is 0 Å². The van der Waals surface area contributed by atoms with Gasteiger partial charge in [0.1, 0.15) is 0 Å². The Bertz CT molecular complexity index is 2210. The average molecular weight is 729 g/mol. The number of aromatic hydroxyl groups is 2. The minimum absolute atomic E-state index is 0.333. The Kier molecular flexibility index (Phi) is 9.96. The summed E-state index contributed by atoms with van der Waals surface area (Å²) in [5.41, 5.74) is 10.1. The van der Waals surface area contributed by atoms with Gasteiger partial charge >= 0.3 is 322 Å². The summed E-state index contributed by atoms with van der Waals surface area (Å²) in [6.07, 6.45) is 1.22. The molecule has 272 valence electrons. The Morgan fingerprint density at radius 3 is 1.09 bits per heavy atom. The van der Waals surface area contributed by atoms with E-state index in [1.165, 1.54) is 5.56 Å². The molecular weight excluding hydrogens is 680 g/mol. The molecule has 0 fully saturated rings. The zero-order valence-electron chi connectivity index (χ0n) is 32.1. The average Bonchev–Trinajstić information content (AvgIpc) is 3.17. The van der Waals surface area contributed by atoms with E-state index in [0.29, 0.717) is 24.3 Å². The molecule has 54 heavy (non-hydrogen) atoms. The van der Waals surface area contributed by atoms with Crippen molar-refractivity contribution in [1.82, 2.24) is 0 Å². The van der Waals surface area contributed by atoms with Gasteiger partial charge in [0.15, 0.2) is 0 Å². The molecule has 0 heterocycles. The van der Waals surface area contributed by atoms with Crippen molar-refractivity contribution in [3.05, 3.63) is 207 Å². The first-order chi connectivity index (χ1) is 26.0. The molecule has 2 N–H and O–H groups in total. The maximum absolute atomic E-state index is 10.7. The normalized spacial score (nSPS) is 12.2. The van der Waals surface area contributed by atoms with E-state index in [9.17, 15) is 10.2 Å². The second-order valence-corrected chi connectivity index (χ2v) is 19.2. The molecule has 7 rings (SSSR count). The summed E-state index contributed by atoms with van der Waals surface area (Å²) < 4.78 is 8.44. The van der Waals surface area contributed by atoms with Crippen LogP contribution in [0.15, 0.2) is 152 Å². The van der Waals surface area contributed by atoms with Crippen LogP contribution in [0.4, 0.5) is 0 Å². The molecule has 3 nitrogen and oxygen atoms in total. The molecule has 0 bridgehead atoms. The van der Waals surface area contributed by atoms with Gasteiger partial charge in [-0.2, -0.15) is 0 Å². The number of hydrogen-bond donors (Lipinski definition) is 2. The fourth-order valence-electron chi connectivity index (χ4n) is 8.30. The molecule has 0 saturated heterocycles. The molecular formula is C50H49O3P. The molecule has 4 heteroatoms. The van der Waals surface area contributed by atoms with Crippen LogP contribution in [0.5, 0.6) is 17.2 Å². The Morgan fingerprint density at radius 1 is 0.407 bits per heavy atom. The Labute approximate surface area is 320 Å². The molecule has 0 radical (unpaired) electrons. The molecule has 0 atom stereocenters. The Balaban J connectivity index is 1.63. The van der Waals surface area contributed by atoms with E-state index in [2.05, 4.69) is 166 Å². The maximum atomic E-state index is 10.7. The summed E-state index contributed by atoms with van der Waals surface area (Å²) in [6.45, 7) is 8.02. The molecule has 0 amide bonds. The summed E-state index contributed by atoms with van der Waals surface area (Å²) in [6, 6.07) is 54.3. The molecule has 7 aromatic rings. The van der Waals surface area contributed by atoms with Crippen LogP contribution < -0.4 is 25.7 Å². The second-order valence-electron chi connectivity index (χ2n) is 14.9. The van der Waals surface area contributed by atoms with Crippen molar-refractivity contribution in [2.45, 2.75) is 54.4 Å². The van der Waals surface area contributed by atoms with E-state index in [4.69, 9.17) is 4.52 Å². The quantitative estimate of drug-likeness (QED) is 0.138. The van der Waals surface area contributed by atoms with Crippen LogP contribution in [0.3, 0.4) is 0 Å². The first-order valence-electron chi connectivity index (χ1n) is 18.7. The van der Waals surface area contributed by atoms with Crippen LogP contribution in [-0.2, 0) is 12.8 Å². The van der Waals surface area contributed by atoms with Crippen molar-refractivity contribution in [3.8, 4) is 17.2 Å². The molecule has 0 spiro atoms. The summed E-state index contributed by atoms with van der Waals surface area (Å²) in [7, 11) is 0. The van der Waals surface area contributed by atoms with Gasteiger partial charge in [-0.1, -0.05) is 0 Å². The first kappa shape index (κ1) is 36.7. The molecule has 0 aromatic heterocycles. The van der Waals surface area contributed by atoms with E-state index < -0.39 is 6.83 Å². The number of aryl methyl sites for hydroxylation is 6. The zero-order valence-corrected chi connectivity index (χ0v) is 33.0. The number of phenolic OH excluding ortho intramolecular Hbond substituents is 2. The third-order valence-electron chi connectivity index (χ3n) is 10.8. The Hall–Kier alpha value is -5.63. The van der Waals surface area contributed by atoms with Crippen LogP contribution in [-0.4, -0.2) is 10.2 Å². The van der Waals surface area contributed by atoms with Crippen molar-refractivity contribution >= 4 is 28.0 Å². The second kappa shape index (κ2) is 14.7. The van der Waals surface area contributed by atoms with Gasteiger partial charge in [0.25, 0.3) is 0 Å². The van der Waals surface area contributed by atoms with Gasteiger partial charge in [-0.25, -0.2) is 0 Å². The number of benzene rings is 7. The minimum atomic E-state index is -4.12. The topological polar surface area (TPSA) is 49.7 Å². The third-order valence-corrected chi connectivity index (χ3v) is 16.5. The Morgan fingerprint density at radius 2 is 0.741 bits per heavy atom. The van der Waals surface area contributed by atoms with E-state index in [1.54, 1.807) is 0 Å². The number of hydrogen-bond acceptors (Lipinski definition) is 3. The summed E-state index contributed by atoms with van der Waals surface area (Å²) in [4.78, 5) is 0. The first-order valence-corrected chi connectivity index (χ1v) is 20.8. The summed E-state index contributed by atoms with van der Waals surface area (Å²) in [5.74, 6) is 1.52. The van der Waals surface area contributed by atoms with Crippen molar-refractivity contribution in [2.24, 2.45) is 0 Å². The zero-order chi connectivity index (χ0) is 38.1. The van der Waals surface area contributed by atoms with Gasteiger partial charge in [-0.05, 0) is 0 Å². The summed E-state index contributed by atoms with van der Waals surface area (Å²) in [5, 5.41) is 25.9. The van der Waals surface area contributed by atoms with E-state index >= 15 is 0 Å². The predicted molar refractivity (Wildman–Crippen MR) is 229 cm³/mol. The van der Waals surface area contributed by atoms with Gasteiger partial charge in [-0.15, -0.1) is 0 Å². The third kappa shape index (κ3) is 6.37. The monoisotopic (exact) mass is 728 g/mol. The fraction of sp³-hybridized carbons (Fsp3) is 0.160. The van der Waals surface area contributed by atoms with E-state index in [1.807, 2.05) is 27.7 Å². The van der Waals surface area contributed by atoms with Gasteiger partial charge in [0.05, 0.1) is 0 Å². The standard InChI is InChI=1S/C50H49O3P/c1-34-22-24-47(25-23-34)54(44-16-10-7-11-17-44,45-18-12-8-13-19-45,46-20-14-9-15-21-46)53-50-42(32-40-28-36(3)48(51)37(4)29-40)26-35(2)27-43(50)33-41-30-38(5)49(52)39(6)31-41/h7-31,51-52H,32-33H2,1-6H3. The van der Waals surface area contributed by atoms with Crippen molar-refractivity contribution in [2.75, 3.05) is 0 Å². The molecule has 0 aliphatic carbocycles. The van der Waals surface area contributed by atoms with Crippen molar-refractivity contribution < 1.29 is 14.7 Å². The van der Waals surface area contributed by atoms with E-state index in [0.717, 1.165) is 77.0 Å². The van der Waals surface area contributed by atoms with Gasteiger partial charge < -0.3 is 0 Å². The van der Waals surface area contributed by atoms with Crippen molar-refractivity contribution in [3.63, 3.8) is 0 Å². The van der Waals surface area contributed by atoms with Crippen molar-refractivity contribution in [1.29, 1.82) is 0 Å². The van der Waals surface area contributed by atoms with Gasteiger partial charge in [-0.3, -0.25) is 0 Å². The van der Waals surface area contributed by atoms with Crippen LogP contribution in [0.2, 0.25) is 0 Å². The molecule has 0 aliphatic rings. The van der Waals surface area contributed by atoms with Crippen LogP contribution in [0, 0.1) is 41.5 Å². The summed E-state index contributed by atoms with van der Waals surface area (Å²) >= 11 is 0. The van der Waals surface area contributed by atoms with Gasteiger partial charge in [0.2, 0.25) is 0 Å². The predicted octanol–water partition coefficient (Wildman–Crippen LogP) is 10.3. The molecule has 0 unspecified atom stereocenters. The molecule has 7 aromatic carbocycles. The van der Waals surface area contributed by atoms with E-state index in [-0.39, 0.29) is 0 Å². The van der Waals surface area contributed by atoms with Gasteiger partial charge in [0, 0.05) is 0 Å². The van der Waals surface area contributed by atoms with Crippen LogP contribution in [0.1, 0.15) is 55.6 Å².